The van der Waals surface area contributed by atoms with E-state index in [-0.39, 0.29) is 11.5 Å². The maximum atomic E-state index is 13.3. The largest absolute Gasteiger partial charge is 0.497 e. The number of carbonyl (C=O) groups is 1. The SMILES string of the molecule is CCOC(=O)c1ccc2c(c1)c1cc(-c3ccc(OC)cc3OC)c(=O)n(C)c1n2C. The van der Waals surface area contributed by atoms with Gasteiger partial charge in [0.2, 0.25) is 0 Å². The van der Waals surface area contributed by atoms with E-state index in [9.17, 15) is 9.59 Å². The van der Waals surface area contributed by atoms with Gasteiger partial charge in [0.15, 0.2) is 0 Å². The molecule has 0 bridgehead atoms. The predicted octanol–water partition coefficient (Wildman–Crippen LogP) is 3.89. The Hall–Kier alpha value is -3.74. The van der Waals surface area contributed by atoms with Gasteiger partial charge in [-0.15, -0.1) is 0 Å². The highest BCUT2D eigenvalue weighted by Gasteiger charge is 2.19. The summed E-state index contributed by atoms with van der Waals surface area (Å²) >= 11 is 0. The van der Waals surface area contributed by atoms with E-state index in [0.29, 0.717) is 34.8 Å². The maximum Gasteiger partial charge on any atom is 0.338 e. The second-order valence-electron chi connectivity index (χ2n) is 7.24. The van der Waals surface area contributed by atoms with Crippen LogP contribution in [0.3, 0.4) is 0 Å². The number of fused-ring (bicyclic) bond motifs is 3. The number of methoxy groups -OCH3 is 2. The summed E-state index contributed by atoms with van der Waals surface area (Å²) in [7, 11) is 6.79. The minimum atomic E-state index is -0.372. The Bertz CT molecular complexity index is 1380. The van der Waals surface area contributed by atoms with E-state index in [0.717, 1.165) is 21.9 Å². The molecule has 0 N–H and O–H groups in total. The molecule has 0 atom stereocenters. The average Bonchev–Trinajstić information content (AvgIpc) is 3.07. The number of nitrogens with zero attached hydrogens (tertiary/aromatic N) is 2. The minimum Gasteiger partial charge on any atom is -0.497 e. The third-order valence-electron chi connectivity index (χ3n) is 5.56. The minimum absolute atomic E-state index is 0.146. The van der Waals surface area contributed by atoms with Crippen LogP contribution in [0.1, 0.15) is 17.3 Å². The number of aryl methyl sites for hydroxylation is 2. The Morgan fingerprint density at radius 1 is 0.903 bits per heavy atom. The number of hydrogen-bond acceptors (Lipinski definition) is 5. The van der Waals surface area contributed by atoms with Gasteiger partial charge >= 0.3 is 5.97 Å². The van der Waals surface area contributed by atoms with Crippen molar-refractivity contribution in [3.8, 4) is 22.6 Å². The Balaban J connectivity index is 2.04. The van der Waals surface area contributed by atoms with Gasteiger partial charge in [0.05, 0.1) is 37.5 Å². The molecule has 31 heavy (non-hydrogen) atoms. The van der Waals surface area contributed by atoms with Crippen LogP contribution in [0.25, 0.3) is 33.1 Å². The standard InChI is InChI=1S/C24H24N2O5/c1-6-31-24(28)14-7-10-20-17(11-14)18-13-19(23(27)26(3)22(18)25(20)2)16-9-8-15(29-4)12-21(16)30-5/h7-13H,6H2,1-5H3. The average molecular weight is 420 g/mol. The van der Waals surface area contributed by atoms with Crippen molar-refractivity contribution in [1.29, 1.82) is 0 Å². The van der Waals surface area contributed by atoms with Gasteiger partial charge in [-0.3, -0.25) is 9.36 Å². The fourth-order valence-electron chi connectivity index (χ4n) is 4.05. The summed E-state index contributed by atoms with van der Waals surface area (Å²) in [4.78, 5) is 25.6. The number of ether oxygens (including phenoxy) is 3. The molecule has 0 saturated carbocycles. The zero-order valence-electron chi connectivity index (χ0n) is 18.2. The third kappa shape index (κ3) is 3.22. The molecule has 160 valence electrons. The summed E-state index contributed by atoms with van der Waals surface area (Å²) in [6, 6.07) is 12.7. The van der Waals surface area contributed by atoms with Crippen molar-refractivity contribution >= 4 is 27.9 Å². The van der Waals surface area contributed by atoms with Crippen molar-refractivity contribution in [3.63, 3.8) is 0 Å². The van der Waals surface area contributed by atoms with E-state index < -0.39 is 0 Å². The van der Waals surface area contributed by atoms with Crippen LogP contribution in [0.2, 0.25) is 0 Å². The quantitative estimate of drug-likeness (QED) is 0.458. The van der Waals surface area contributed by atoms with Crippen LogP contribution in [0.4, 0.5) is 0 Å². The number of carbonyl (C=O) groups excluding carboxylic acids is 1. The molecule has 7 heteroatoms. The lowest BCUT2D eigenvalue weighted by Gasteiger charge is -2.12. The zero-order chi connectivity index (χ0) is 22.3. The van der Waals surface area contributed by atoms with Crippen molar-refractivity contribution in [3.05, 3.63) is 58.4 Å². The van der Waals surface area contributed by atoms with E-state index >= 15 is 0 Å². The lowest BCUT2D eigenvalue weighted by atomic mass is 10.0. The van der Waals surface area contributed by atoms with Crippen molar-refractivity contribution < 1.29 is 19.0 Å². The Labute approximate surface area is 179 Å². The number of rotatable bonds is 5. The Kier molecular flexibility index (Phi) is 5.19. The molecule has 0 spiro atoms. The summed E-state index contributed by atoms with van der Waals surface area (Å²) in [5.41, 5.74) is 3.17. The van der Waals surface area contributed by atoms with Crippen LogP contribution in [-0.4, -0.2) is 35.9 Å². The monoisotopic (exact) mass is 420 g/mol. The highest BCUT2D eigenvalue weighted by atomic mass is 16.5. The normalized spacial score (nSPS) is 11.1. The topological polar surface area (TPSA) is 71.7 Å². The molecule has 2 heterocycles. The summed E-state index contributed by atoms with van der Waals surface area (Å²) in [5.74, 6) is 0.814. The van der Waals surface area contributed by atoms with Gasteiger partial charge in [0, 0.05) is 36.5 Å². The summed E-state index contributed by atoms with van der Waals surface area (Å²) in [6.45, 7) is 2.08. The summed E-state index contributed by atoms with van der Waals surface area (Å²) in [5, 5.41) is 1.73. The second kappa shape index (κ2) is 7.83. The van der Waals surface area contributed by atoms with E-state index in [4.69, 9.17) is 14.2 Å². The maximum absolute atomic E-state index is 13.3. The lowest BCUT2D eigenvalue weighted by molar-refractivity contribution is 0.0526. The van der Waals surface area contributed by atoms with Gasteiger partial charge in [0.1, 0.15) is 17.1 Å². The first-order chi connectivity index (χ1) is 14.9. The molecule has 2 aromatic carbocycles. The highest BCUT2D eigenvalue weighted by molar-refractivity contribution is 6.10. The van der Waals surface area contributed by atoms with Crippen molar-refractivity contribution in [1.82, 2.24) is 9.13 Å². The molecule has 4 rings (SSSR count). The first-order valence-electron chi connectivity index (χ1n) is 9.93. The molecule has 0 aliphatic rings. The fourth-order valence-corrected chi connectivity index (χ4v) is 4.05. The number of benzene rings is 2. The van der Waals surface area contributed by atoms with Crippen LogP contribution in [0.15, 0.2) is 47.3 Å². The predicted molar refractivity (Wildman–Crippen MR) is 120 cm³/mol. The zero-order valence-corrected chi connectivity index (χ0v) is 18.2. The van der Waals surface area contributed by atoms with Crippen LogP contribution in [-0.2, 0) is 18.8 Å². The lowest BCUT2D eigenvalue weighted by Crippen LogP contribution is -2.20. The van der Waals surface area contributed by atoms with Crippen LogP contribution in [0.5, 0.6) is 11.5 Å². The first kappa shape index (κ1) is 20.5. The van der Waals surface area contributed by atoms with E-state index in [1.165, 1.54) is 0 Å². The molecule has 0 radical (unpaired) electrons. The number of hydrogen-bond donors (Lipinski definition) is 0. The molecule has 0 aliphatic carbocycles. The fraction of sp³-hybridized carbons (Fsp3) is 0.250. The smallest absolute Gasteiger partial charge is 0.338 e. The van der Waals surface area contributed by atoms with Gasteiger partial charge in [-0.2, -0.15) is 0 Å². The highest BCUT2D eigenvalue weighted by Crippen LogP contribution is 2.35. The van der Waals surface area contributed by atoms with Gasteiger partial charge < -0.3 is 18.8 Å². The number of pyridine rings is 1. The molecule has 0 fully saturated rings. The van der Waals surface area contributed by atoms with Crippen molar-refractivity contribution in [2.45, 2.75) is 6.92 Å². The van der Waals surface area contributed by atoms with Gasteiger partial charge in [-0.1, -0.05) is 0 Å². The van der Waals surface area contributed by atoms with Gasteiger partial charge in [-0.25, -0.2) is 4.79 Å². The number of esters is 1. The molecule has 4 aromatic rings. The van der Waals surface area contributed by atoms with Crippen molar-refractivity contribution in [2.24, 2.45) is 14.1 Å². The van der Waals surface area contributed by atoms with Crippen LogP contribution >= 0.6 is 0 Å². The molecule has 0 amide bonds. The summed E-state index contributed by atoms with van der Waals surface area (Å²) in [6.07, 6.45) is 0. The Morgan fingerprint density at radius 2 is 1.68 bits per heavy atom. The molecule has 0 aliphatic heterocycles. The molecular formula is C24H24N2O5. The first-order valence-corrected chi connectivity index (χ1v) is 9.93. The Morgan fingerprint density at radius 3 is 2.35 bits per heavy atom. The van der Waals surface area contributed by atoms with Crippen molar-refractivity contribution in [2.75, 3.05) is 20.8 Å². The second-order valence-corrected chi connectivity index (χ2v) is 7.24. The van der Waals surface area contributed by atoms with E-state index in [1.807, 2.05) is 35.9 Å². The third-order valence-corrected chi connectivity index (χ3v) is 5.56. The van der Waals surface area contributed by atoms with E-state index in [2.05, 4.69) is 0 Å². The van der Waals surface area contributed by atoms with Crippen LogP contribution < -0.4 is 15.0 Å². The molecule has 7 nitrogen and oxygen atoms in total. The van der Waals surface area contributed by atoms with E-state index in [1.54, 1.807) is 51.0 Å². The molecule has 0 saturated heterocycles. The van der Waals surface area contributed by atoms with Gasteiger partial charge in [0.25, 0.3) is 5.56 Å². The summed E-state index contributed by atoms with van der Waals surface area (Å²) < 4.78 is 19.5. The number of aromatic nitrogens is 2. The van der Waals surface area contributed by atoms with Crippen LogP contribution in [0, 0.1) is 0 Å². The van der Waals surface area contributed by atoms with Gasteiger partial charge in [-0.05, 0) is 43.3 Å². The molecule has 2 aromatic heterocycles. The molecular weight excluding hydrogens is 396 g/mol. The molecule has 0 unspecified atom stereocenters.